The van der Waals surface area contributed by atoms with Crippen LogP contribution in [0.15, 0.2) is 59.5 Å². The molecule has 0 spiro atoms. The maximum atomic E-state index is 12.7. The first kappa shape index (κ1) is 20.5. The molecule has 0 saturated heterocycles. The third-order valence-electron chi connectivity index (χ3n) is 5.04. The van der Waals surface area contributed by atoms with Crippen molar-refractivity contribution in [3.8, 4) is 17.2 Å². The molecule has 0 unspecified atom stereocenters. The predicted octanol–water partition coefficient (Wildman–Crippen LogP) is 3.46. The van der Waals surface area contributed by atoms with Gasteiger partial charge < -0.3 is 20.1 Å². The third kappa shape index (κ3) is 5.03. The average molecular weight is 420 g/mol. The van der Waals surface area contributed by atoms with Crippen LogP contribution in [0.5, 0.6) is 17.2 Å². The Kier molecular flexibility index (Phi) is 5.88. The van der Waals surface area contributed by atoms with Crippen molar-refractivity contribution < 1.29 is 14.3 Å². The fourth-order valence-electron chi connectivity index (χ4n) is 3.02. The Hall–Kier alpha value is -3.81. The van der Waals surface area contributed by atoms with Crippen molar-refractivity contribution in [2.45, 2.75) is 12.8 Å². The lowest BCUT2D eigenvalue weighted by molar-refractivity contribution is 0.0952. The number of rotatable bonds is 8. The Balaban J connectivity index is 1.53. The summed E-state index contributed by atoms with van der Waals surface area (Å²) in [6, 6.07) is 14.0. The molecule has 0 radical (unpaired) electrons. The standard InChI is InChI=1S/C23H24N4O4/c1-27-23(29)21(20(14-25-27)31-19-5-3-4-18(12-19)30-2)26-17-10-8-16(9-11-17)22(28)24-13-15-6-7-15/h3-5,8-12,14-15,26H,6-7,13H2,1-2H3,(H,24,28). The average Bonchev–Trinajstić information content (AvgIpc) is 3.62. The lowest BCUT2D eigenvalue weighted by atomic mass is 10.2. The number of hydrogen-bond acceptors (Lipinski definition) is 6. The van der Waals surface area contributed by atoms with Crippen molar-refractivity contribution in [3.63, 3.8) is 0 Å². The van der Waals surface area contributed by atoms with Gasteiger partial charge in [0.25, 0.3) is 11.5 Å². The highest BCUT2D eigenvalue weighted by atomic mass is 16.5. The van der Waals surface area contributed by atoms with E-state index in [4.69, 9.17) is 9.47 Å². The predicted molar refractivity (Wildman–Crippen MR) is 117 cm³/mol. The van der Waals surface area contributed by atoms with Crippen molar-refractivity contribution in [3.05, 3.63) is 70.6 Å². The molecule has 8 nitrogen and oxygen atoms in total. The minimum atomic E-state index is -0.341. The topological polar surface area (TPSA) is 94.5 Å². The molecule has 1 aromatic heterocycles. The first-order valence-electron chi connectivity index (χ1n) is 10.1. The molecule has 3 aromatic rings. The lowest BCUT2D eigenvalue weighted by Gasteiger charge is -2.14. The summed E-state index contributed by atoms with van der Waals surface area (Å²) in [5.74, 6) is 1.96. The Labute approximate surface area is 179 Å². The van der Waals surface area contributed by atoms with E-state index in [9.17, 15) is 9.59 Å². The molecule has 1 fully saturated rings. The molecule has 8 heteroatoms. The number of nitrogens with zero attached hydrogens (tertiary/aromatic N) is 2. The van der Waals surface area contributed by atoms with Crippen LogP contribution in [0.25, 0.3) is 0 Å². The van der Waals surface area contributed by atoms with E-state index >= 15 is 0 Å². The van der Waals surface area contributed by atoms with Gasteiger partial charge in [-0.05, 0) is 55.2 Å². The fraction of sp³-hybridized carbons (Fsp3) is 0.261. The monoisotopic (exact) mass is 420 g/mol. The van der Waals surface area contributed by atoms with Gasteiger partial charge in [-0.25, -0.2) is 4.68 Å². The van der Waals surface area contributed by atoms with E-state index in [2.05, 4.69) is 15.7 Å². The van der Waals surface area contributed by atoms with Gasteiger partial charge in [-0.2, -0.15) is 5.10 Å². The number of methoxy groups -OCH3 is 1. The van der Waals surface area contributed by atoms with E-state index in [1.54, 1.807) is 62.7 Å². The third-order valence-corrected chi connectivity index (χ3v) is 5.04. The first-order chi connectivity index (χ1) is 15.0. The van der Waals surface area contributed by atoms with E-state index in [1.807, 2.05) is 0 Å². The molecule has 2 N–H and O–H groups in total. The van der Waals surface area contributed by atoms with Gasteiger partial charge in [-0.1, -0.05) is 6.07 Å². The summed E-state index contributed by atoms with van der Waals surface area (Å²) in [4.78, 5) is 24.9. The van der Waals surface area contributed by atoms with Crippen LogP contribution in [0.1, 0.15) is 23.2 Å². The molecule has 1 saturated carbocycles. The number of nitrogens with one attached hydrogen (secondary N) is 2. The number of amides is 1. The van der Waals surface area contributed by atoms with Gasteiger partial charge in [-0.3, -0.25) is 9.59 Å². The number of carbonyl (C=O) groups excluding carboxylic acids is 1. The lowest BCUT2D eigenvalue weighted by Crippen LogP contribution is -2.25. The zero-order valence-electron chi connectivity index (χ0n) is 17.4. The van der Waals surface area contributed by atoms with Gasteiger partial charge in [-0.15, -0.1) is 0 Å². The number of carbonyl (C=O) groups is 1. The van der Waals surface area contributed by atoms with Crippen LogP contribution in [0.3, 0.4) is 0 Å². The van der Waals surface area contributed by atoms with Crippen LogP contribution < -0.4 is 25.7 Å². The summed E-state index contributed by atoms with van der Waals surface area (Å²) >= 11 is 0. The summed E-state index contributed by atoms with van der Waals surface area (Å²) < 4.78 is 12.3. The van der Waals surface area contributed by atoms with Gasteiger partial charge in [0.05, 0.1) is 13.3 Å². The molecule has 2 aromatic carbocycles. The number of hydrogen-bond donors (Lipinski definition) is 2. The summed E-state index contributed by atoms with van der Waals surface area (Å²) in [5, 5.41) is 10.1. The quantitative estimate of drug-likeness (QED) is 0.580. The Morgan fingerprint density at radius 1 is 1.16 bits per heavy atom. The van der Waals surface area contributed by atoms with Crippen LogP contribution in [-0.2, 0) is 7.05 Å². The van der Waals surface area contributed by atoms with Crippen LogP contribution >= 0.6 is 0 Å². The summed E-state index contributed by atoms with van der Waals surface area (Å²) in [7, 11) is 3.14. The van der Waals surface area contributed by atoms with Gasteiger partial charge >= 0.3 is 0 Å². The fourth-order valence-corrected chi connectivity index (χ4v) is 3.02. The molecule has 0 atom stereocenters. The maximum Gasteiger partial charge on any atom is 0.294 e. The summed E-state index contributed by atoms with van der Waals surface area (Å²) in [5.41, 5.74) is 1.12. The molecule has 160 valence electrons. The molecule has 1 heterocycles. The number of benzene rings is 2. The molecule has 1 aliphatic rings. The Morgan fingerprint density at radius 2 is 1.90 bits per heavy atom. The van der Waals surface area contributed by atoms with E-state index in [-0.39, 0.29) is 22.9 Å². The number of aryl methyl sites for hydroxylation is 1. The van der Waals surface area contributed by atoms with Gasteiger partial charge in [0.2, 0.25) is 0 Å². The van der Waals surface area contributed by atoms with Crippen molar-refractivity contribution in [1.29, 1.82) is 0 Å². The van der Waals surface area contributed by atoms with Crippen LogP contribution in [-0.4, -0.2) is 29.3 Å². The maximum absolute atomic E-state index is 12.7. The molecule has 1 aliphatic carbocycles. The normalized spacial score (nSPS) is 12.8. The van der Waals surface area contributed by atoms with E-state index in [0.29, 0.717) is 28.7 Å². The minimum absolute atomic E-state index is 0.0969. The van der Waals surface area contributed by atoms with Gasteiger partial charge in [0.1, 0.15) is 11.5 Å². The van der Waals surface area contributed by atoms with E-state index in [1.165, 1.54) is 23.7 Å². The highest BCUT2D eigenvalue weighted by molar-refractivity contribution is 5.94. The summed E-state index contributed by atoms with van der Waals surface area (Å²) in [6.45, 7) is 0.719. The van der Waals surface area contributed by atoms with Crippen molar-refractivity contribution >= 4 is 17.3 Å². The first-order valence-corrected chi connectivity index (χ1v) is 10.1. The van der Waals surface area contributed by atoms with E-state index in [0.717, 1.165) is 6.54 Å². The van der Waals surface area contributed by atoms with Crippen LogP contribution in [0.2, 0.25) is 0 Å². The number of anilines is 2. The smallest absolute Gasteiger partial charge is 0.294 e. The minimum Gasteiger partial charge on any atom is -0.497 e. The number of ether oxygens (including phenoxy) is 2. The summed E-state index contributed by atoms with van der Waals surface area (Å²) in [6.07, 6.45) is 3.84. The molecule has 1 amide bonds. The second-order valence-electron chi connectivity index (χ2n) is 7.45. The second-order valence-corrected chi connectivity index (χ2v) is 7.45. The molecule has 4 rings (SSSR count). The molecule has 0 bridgehead atoms. The molecular weight excluding hydrogens is 396 g/mol. The molecule has 31 heavy (non-hydrogen) atoms. The van der Waals surface area contributed by atoms with Gasteiger partial charge in [0.15, 0.2) is 11.4 Å². The van der Waals surface area contributed by atoms with Crippen molar-refractivity contribution in [2.75, 3.05) is 19.0 Å². The van der Waals surface area contributed by atoms with Crippen LogP contribution in [0, 0.1) is 5.92 Å². The Morgan fingerprint density at radius 3 is 2.61 bits per heavy atom. The Bertz CT molecular complexity index is 1140. The SMILES string of the molecule is COc1cccc(Oc2cnn(C)c(=O)c2Nc2ccc(C(=O)NCC3CC3)cc2)c1. The molecular formula is C23H24N4O4. The van der Waals surface area contributed by atoms with Crippen molar-refractivity contribution in [1.82, 2.24) is 15.1 Å². The zero-order valence-corrected chi connectivity index (χ0v) is 17.4. The number of aromatic nitrogens is 2. The van der Waals surface area contributed by atoms with Gasteiger partial charge in [0, 0.05) is 30.9 Å². The molecule has 0 aliphatic heterocycles. The largest absolute Gasteiger partial charge is 0.497 e. The van der Waals surface area contributed by atoms with E-state index < -0.39 is 0 Å². The zero-order chi connectivity index (χ0) is 21.8. The van der Waals surface area contributed by atoms with Crippen LogP contribution in [0.4, 0.5) is 11.4 Å². The highest BCUT2D eigenvalue weighted by Gasteiger charge is 2.22. The second kappa shape index (κ2) is 8.91. The van der Waals surface area contributed by atoms with Crippen molar-refractivity contribution in [2.24, 2.45) is 13.0 Å². The highest BCUT2D eigenvalue weighted by Crippen LogP contribution is 2.30.